The van der Waals surface area contributed by atoms with Crippen LogP contribution in [0.15, 0.2) is 102 Å². The lowest BCUT2D eigenvalue weighted by Gasteiger charge is -2.56. The summed E-state index contributed by atoms with van der Waals surface area (Å²) < 4.78 is 18.8. The molecule has 8 heteroatoms. The lowest BCUT2D eigenvalue weighted by atomic mass is 9.53. The minimum atomic E-state index is -0.526. The lowest BCUT2D eigenvalue weighted by molar-refractivity contribution is -0.245. The molecule has 4 aliphatic carbocycles. The van der Waals surface area contributed by atoms with Crippen LogP contribution in [0, 0.1) is 17.8 Å². The van der Waals surface area contributed by atoms with Gasteiger partial charge in [0.1, 0.15) is 5.75 Å². The second-order valence-electron chi connectivity index (χ2n) is 15.1. The molecule has 5 fully saturated rings. The fraction of sp³-hybridized carbons (Fsp3) is 0.419. The van der Waals surface area contributed by atoms with Crippen LogP contribution < -0.4 is 15.4 Å². The SMILES string of the molecule is COc1ccccc1SC[C@@H]1C[C@H](c2ccc(CO)cc2)O[C@H](c2ccc(-c3cccc(CNC(=O)NC45CC6CC(CC(C6)C4)C5)c3)cc2)O1. The molecule has 3 atom stereocenters. The molecular weight excluding hydrogens is 657 g/mol. The van der Waals surface area contributed by atoms with Crippen LogP contribution in [0.25, 0.3) is 11.1 Å². The molecule has 4 aromatic rings. The molecule has 4 bridgehead atoms. The van der Waals surface area contributed by atoms with E-state index in [4.69, 9.17) is 14.2 Å². The number of ether oxygens (including phenoxy) is 3. The van der Waals surface area contributed by atoms with Crippen LogP contribution in [0.2, 0.25) is 0 Å². The van der Waals surface area contributed by atoms with Crippen molar-refractivity contribution in [3.05, 3.63) is 119 Å². The predicted octanol–water partition coefficient (Wildman–Crippen LogP) is 8.96. The Hall–Kier alpha value is -3.82. The number of aliphatic hydroxyl groups excluding tert-OH is 1. The van der Waals surface area contributed by atoms with Crippen LogP contribution >= 0.6 is 11.8 Å². The van der Waals surface area contributed by atoms with Crippen molar-refractivity contribution < 1.29 is 24.1 Å². The van der Waals surface area contributed by atoms with Crippen molar-refractivity contribution in [2.75, 3.05) is 12.9 Å². The summed E-state index contributed by atoms with van der Waals surface area (Å²) in [4.78, 5) is 14.2. The highest BCUT2D eigenvalue weighted by Crippen LogP contribution is 2.55. The standard InChI is InChI=1S/C43H48N2O5S/c1-48-38-7-2-3-8-40(38)51-27-37-21-39(34-11-9-28(26-46)10-12-34)50-41(49-37)35-15-13-33(14-16-35)36-6-4-5-29(20-36)25-44-42(47)45-43-22-30-17-31(23-43)19-32(18-30)24-43/h2-16,20,30-32,37,39,41,46H,17-19,21-27H2,1H3,(H2,44,45,47)/t30?,31?,32?,37-,39+,41+,43?/m0/s1. The third kappa shape index (κ3) is 7.85. The van der Waals surface area contributed by atoms with Crippen molar-refractivity contribution in [1.29, 1.82) is 0 Å². The van der Waals surface area contributed by atoms with Gasteiger partial charge in [0.2, 0.25) is 0 Å². The van der Waals surface area contributed by atoms with Crippen molar-refractivity contribution in [1.82, 2.24) is 10.6 Å². The summed E-state index contributed by atoms with van der Waals surface area (Å²) in [6.45, 7) is 0.501. The summed E-state index contributed by atoms with van der Waals surface area (Å²) in [5.74, 6) is 4.01. The highest BCUT2D eigenvalue weighted by molar-refractivity contribution is 7.99. The van der Waals surface area contributed by atoms with Crippen LogP contribution in [0.4, 0.5) is 4.79 Å². The van der Waals surface area contributed by atoms with Crippen LogP contribution in [0.1, 0.15) is 79.6 Å². The molecule has 2 amide bonds. The third-order valence-electron chi connectivity index (χ3n) is 11.4. The number of benzene rings is 4. The van der Waals surface area contributed by atoms with Gasteiger partial charge in [-0.3, -0.25) is 0 Å². The Morgan fingerprint density at radius 2 is 1.51 bits per heavy atom. The minimum Gasteiger partial charge on any atom is -0.496 e. The second kappa shape index (κ2) is 15.0. The summed E-state index contributed by atoms with van der Waals surface area (Å²) in [6, 6.07) is 32.8. The van der Waals surface area contributed by atoms with E-state index in [1.807, 2.05) is 42.5 Å². The number of rotatable bonds is 11. The number of thioether (sulfide) groups is 1. The minimum absolute atomic E-state index is 0.00699. The maximum atomic E-state index is 13.1. The van der Waals surface area contributed by atoms with Crippen molar-refractivity contribution >= 4 is 17.8 Å². The van der Waals surface area contributed by atoms with E-state index in [0.717, 1.165) is 93.2 Å². The van der Waals surface area contributed by atoms with Gasteiger partial charge in [0.15, 0.2) is 6.29 Å². The van der Waals surface area contributed by atoms with E-state index in [2.05, 4.69) is 65.2 Å². The number of carbonyl (C=O) groups is 1. The molecule has 0 radical (unpaired) electrons. The molecule has 0 unspecified atom stereocenters. The zero-order valence-electron chi connectivity index (χ0n) is 29.3. The summed E-state index contributed by atoms with van der Waals surface area (Å²) in [7, 11) is 1.70. The van der Waals surface area contributed by atoms with Gasteiger partial charge >= 0.3 is 6.03 Å². The molecule has 1 saturated heterocycles. The monoisotopic (exact) mass is 704 g/mol. The maximum absolute atomic E-state index is 13.1. The molecule has 51 heavy (non-hydrogen) atoms. The molecule has 3 N–H and O–H groups in total. The van der Waals surface area contributed by atoms with Gasteiger partial charge in [-0.1, -0.05) is 78.9 Å². The summed E-state index contributed by atoms with van der Waals surface area (Å²) >= 11 is 1.73. The quantitative estimate of drug-likeness (QED) is 0.135. The first-order valence-corrected chi connectivity index (χ1v) is 19.4. The molecule has 1 heterocycles. The fourth-order valence-corrected chi connectivity index (χ4v) is 10.4. The topological polar surface area (TPSA) is 89.0 Å². The highest BCUT2D eigenvalue weighted by atomic mass is 32.2. The van der Waals surface area contributed by atoms with Crippen molar-refractivity contribution in [3.63, 3.8) is 0 Å². The molecule has 9 rings (SSSR count). The van der Waals surface area contributed by atoms with E-state index < -0.39 is 6.29 Å². The number of urea groups is 1. The zero-order chi connectivity index (χ0) is 34.8. The van der Waals surface area contributed by atoms with E-state index in [1.165, 1.54) is 19.3 Å². The summed E-state index contributed by atoms with van der Waals surface area (Å²) in [5, 5.41) is 16.2. The van der Waals surface area contributed by atoms with Gasteiger partial charge in [0.25, 0.3) is 0 Å². The second-order valence-corrected chi connectivity index (χ2v) is 16.2. The third-order valence-corrected chi connectivity index (χ3v) is 12.6. The van der Waals surface area contributed by atoms with Gasteiger partial charge in [-0.15, -0.1) is 11.8 Å². The first-order chi connectivity index (χ1) is 24.9. The Bertz CT molecular complexity index is 1780. The van der Waals surface area contributed by atoms with Crippen LogP contribution in [0.5, 0.6) is 5.75 Å². The van der Waals surface area contributed by atoms with Gasteiger partial charge in [0, 0.05) is 34.7 Å². The number of methoxy groups -OCH3 is 1. The number of carbonyl (C=O) groups excluding carboxylic acids is 1. The van der Waals surface area contributed by atoms with E-state index in [0.29, 0.717) is 6.54 Å². The van der Waals surface area contributed by atoms with Gasteiger partial charge in [0.05, 0.1) is 25.9 Å². The molecule has 0 spiro atoms. The number of para-hydroxylation sites is 1. The van der Waals surface area contributed by atoms with E-state index >= 15 is 0 Å². The van der Waals surface area contributed by atoms with Crippen LogP contribution in [-0.4, -0.2) is 35.6 Å². The number of amides is 2. The van der Waals surface area contributed by atoms with Crippen molar-refractivity contribution in [2.24, 2.45) is 17.8 Å². The van der Waals surface area contributed by atoms with Gasteiger partial charge in [-0.05, 0) is 102 Å². The predicted molar refractivity (Wildman–Crippen MR) is 200 cm³/mol. The first-order valence-electron chi connectivity index (χ1n) is 18.5. The number of hydrogen-bond acceptors (Lipinski definition) is 6. The molecule has 0 aromatic heterocycles. The van der Waals surface area contributed by atoms with Crippen molar-refractivity contribution in [2.45, 2.75) is 87.0 Å². The smallest absolute Gasteiger partial charge is 0.315 e. The Morgan fingerprint density at radius 3 is 2.22 bits per heavy atom. The Balaban J connectivity index is 0.926. The normalized spacial score (nSPS) is 28.0. The Labute approximate surface area is 305 Å². The highest BCUT2D eigenvalue weighted by Gasteiger charge is 2.51. The van der Waals surface area contributed by atoms with E-state index in [1.54, 1.807) is 18.9 Å². The molecule has 5 aliphatic rings. The average Bonchev–Trinajstić information content (AvgIpc) is 3.16. The van der Waals surface area contributed by atoms with Gasteiger partial charge in [-0.2, -0.15) is 0 Å². The molecule has 4 saturated carbocycles. The van der Waals surface area contributed by atoms with Crippen molar-refractivity contribution in [3.8, 4) is 16.9 Å². The lowest BCUT2D eigenvalue weighted by Crippen LogP contribution is -2.61. The number of nitrogens with one attached hydrogen (secondary N) is 2. The Morgan fingerprint density at radius 1 is 0.804 bits per heavy atom. The summed E-state index contributed by atoms with van der Waals surface area (Å²) in [5.41, 5.74) is 6.17. The van der Waals surface area contributed by atoms with E-state index in [9.17, 15) is 9.90 Å². The molecule has 7 nitrogen and oxygen atoms in total. The van der Waals surface area contributed by atoms with Gasteiger partial charge < -0.3 is 30.0 Å². The fourth-order valence-electron chi connectivity index (χ4n) is 9.37. The molecule has 1 aliphatic heterocycles. The molecule has 4 aromatic carbocycles. The first kappa shape index (κ1) is 34.3. The van der Waals surface area contributed by atoms with Crippen LogP contribution in [-0.2, 0) is 22.6 Å². The maximum Gasteiger partial charge on any atom is 0.315 e. The molecular formula is C43H48N2O5S. The summed E-state index contributed by atoms with van der Waals surface area (Å²) in [6.07, 6.45) is 7.53. The van der Waals surface area contributed by atoms with E-state index in [-0.39, 0.29) is 30.4 Å². The van der Waals surface area contributed by atoms with Gasteiger partial charge in [-0.25, -0.2) is 4.79 Å². The van der Waals surface area contributed by atoms with Crippen LogP contribution in [0.3, 0.4) is 0 Å². The average molecular weight is 705 g/mol. The zero-order valence-corrected chi connectivity index (χ0v) is 30.1. The molecule has 266 valence electrons. The largest absolute Gasteiger partial charge is 0.496 e. The Kier molecular flexibility index (Phi) is 10.1. The number of aliphatic hydroxyl groups is 1. The number of hydrogen-bond donors (Lipinski definition) is 3.